The molecule has 5 nitrogen and oxygen atoms in total. The van der Waals surface area contributed by atoms with E-state index in [0.717, 1.165) is 0 Å². The van der Waals surface area contributed by atoms with Crippen molar-refractivity contribution in [3.8, 4) is 0 Å². The van der Waals surface area contributed by atoms with Crippen molar-refractivity contribution in [2.45, 2.75) is 0 Å². The minimum atomic E-state index is -0.456. The van der Waals surface area contributed by atoms with E-state index >= 15 is 0 Å². The zero-order valence-electron chi connectivity index (χ0n) is 9.55. The van der Waals surface area contributed by atoms with E-state index in [1.165, 1.54) is 24.8 Å². The molecule has 0 aliphatic rings. The van der Waals surface area contributed by atoms with E-state index in [2.05, 4.69) is 20.5 Å². The minimum Gasteiger partial charge on any atom is -0.265 e. The van der Waals surface area contributed by atoms with Crippen LogP contribution in [0.3, 0.4) is 0 Å². The summed E-state index contributed by atoms with van der Waals surface area (Å²) in [5, 5.41) is 4.58. The largest absolute Gasteiger partial charge is 0.291 e. The molecule has 19 heavy (non-hydrogen) atoms. The van der Waals surface area contributed by atoms with Gasteiger partial charge in [0.1, 0.15) is 5.69 Å². The first-order valence-electron chi connectivity index (χ1n) is 5.22. The molecule has 1 amide bonds. The summed E-state index contributed by atoms with van der Waals surface area (Å²) >= 11 is 11.8. The summed E-state index contributed by atoms with van der Waals surface area (Å²) in [4.78, 5) is 19.2. The minimum absolute atomic E-state index is 0.178. The van der Waals surface area contributed by atoms with Gasteiger partial charge in [-0.3, -0.25) is 9.78 Å². The first-order valence-corrected chi connectivity index (χ1v) is 5.97. The Morgan fingerprint density at radius 1 is 1.32 bits per heavy atom. The van der Waals surface area contributed by atoms with Gasteiger partial charge in [0.2, 0.25) is 0 Å². The van der Waals surface area contributed by atoms with Crippen LogP contribution < -0.4 is 5.43 Å². The Kier molecular flexibility index (Phi) is 4.43. The zero-order chi connectivity index (χ0) is 13.7. The number of amides is 1. The van der Waals surface area contributed by atoms with E-state index in [9.17, 15) is 4.79 Å². The maximum Gasteiger partial charge on any atom is 0.291 e. The van der Waals surface area contributed by atoms with Gasteiger partial charge >= 0.3 is 0 Å². The van der Waals surface area contributed by atoms with Crippen molar-refractivity contribution < 1.29 is 4.79 Å². The second-order valence-electron chi connectivity index (χ2n) is 3.43. The van der Waals surface area contributed by atoms with Crippen LogP contribution >= 0.6 is 23.2 Å². The molecule has 0 unspecified atom stereocenters. The van der Waals surface area contributed by atoms with Gasteiger partial charge in [0.25, 0.3) is 5.91 Å². The summed E-state index contributed by atoms with van der Waals surface area (Å²) in [5.74, 6) is -0.456. The van der Waals surface area contributed by atoms with Crippen LogP contribution in [0.4, 0.5) is 0 Å². The van der Waals surface area contributed by atoms with Crippen LogP contribution in [-0.2, 0) is 0 Å². The highest BCUT2D eigenvalue weighted by Crippen LogP contribution is 2.23. The number of carbonyl (C=O) groups is 1. The second kappa shape index (κ2) is 6.26. The van der Waals surface area contributed by atoms with Crippen molar-refractivity contribution in [2.75, 3.05) is 0 Å². The monoisotopic (exact) mass is 294 g/mol. The lowest BCUT2D eigenvalue weighted by Crippen LogP contribution is -2.19. The summed E-state index contributed by atoms with van der Waals surface area (Å²) in [5.41, 5.74) is 3.10. The number of rotatable bonds is 3. The van der Waals surface area contributed by atoms with Gasteiger partial charge in [0, 0.05) is 18.0 Å². The maximum absolute atomic E-state index is 11.6. The maximum atomic E-state index is 11.6. The number of nitrogens with one attached hydrogen (secondary N) is 1. The molecule has 0 atom stereocenters. The lowest BCUT2D eigenvalue weighted by atomic mass is 10.2. The molecule has 0 spiro atoms. The third kappa shape index (κ3) is 3.49. The Morgan fingerprint density at radius 3 is 2.89 bits per heavy atom. The predicted octanol–water partition coefficient (Wildman–Crippen LogP) is 2.55. The third-order valence-corrected chi connectivity index (χ3v) is 2.98. The summed E-state index contributed by atoms with van der Waals surface area (Å²) in [6.45, 7) is 0. The molecule has 1 aromatic carbocycles. The standard InChI is InChI=1S/C12H8Cl2N4O/c13-9-3-1-2-8(11(9)14)6-17-18-12(19)10-7-15-4-5-16-10/h1-7H,(H,18,19)/b17-6+. The second-order valence-corrected chi connectivity index (χ2v) is 4.22. The van der Waals surface area contributed by atoms with Crippen molar-refractivity contribution in [3.63, 3.8) is 0 Å². The first kappa shape index (κ1) is 13.5. The van der Waals surface area contributed by atoms with Crippen LogP contribution in [0, 0.1) is 0 Å². The number of hydrazone groups is 1. The third-order valence-electron chi connectivity index (χ3n) is 2.15. The Morgan fingerprint density at radius 2 is 2.16 bits per heavy atom. The molecule has 1 N–H and O–H groups in total. The van der Waals surface area contributed by atoms with Crippen LogP contribution in [0.5, 0.6) is 0 Å². The number of hydrogen-bond acceptors (Lipinski definition) is 4. The van der Waals surface area contributed by atoms with Crippen molar-refractivity contribution in [2.24, 2.45) is 5.10 Å². The molecular weight excluding hydrogens is 287 g/mol. The van der Waals surface area contributed by atoms with Crippen LogP contribution in [0.1, 0.15) is 16.1 Å². The highest BCUT2D eigenvalue weighted by atomic mass is 35.5. The van der Waals surface area contributed by atoms with Gasteiger partial charge in [-0.15, -0.1) is 0 Å². The van der Waals surface area contributed by atoms with Gasteiger partial charge < -0.3 is 0 Å². The van der Waals surface area contributed by atoms with Crippen LogP contribution in [0.25, 0.3) is 0 Å². The van der Waals surface area contributed by atoms with E-state index in [-0.39, 0.29) is 5.69 Å². The topological polar surface area (TPSA) is 67.2 Å². The van der Waals surface area contributed by atoms with E-state index in [4.69, 9.17) is 23.2 Å². The Hall–Kier alpha value is -1.98. The van der Waals surface area contributed by atoms with Crippen molar-refractivity contribution in [1.82, 2.24) is 15.4 Å². The first-order chi connectivity index (χ1) is 9.18. The normalized spacial score (nSPS) is 10.6. The quantitative estimate of drug-likeness (QED) is 0.699. The highest BCUT2D eigenvalue weighted by molar-refractivity contribution is 6.43. The molecule has 2 rings (SSSR count). The van der Waals surface area contributed by atoms with Crippen molar-refractivity contribution >= 4 is 35.3 Å². The van der Waals surface area contributed by atoms with E-state index in [1.807, 2.05) is 0 Å². The number of hydrogen-bond donors (Lipinski definition) is 1. The number of nitrogens with zero attached hydrogens (tertiary/aromatic N) is 3. The van der Waals surface area contributed by atoms with E-state index in [0.29, 0.717) is 15.6 Å². The molecule has 0 saturated heterocycles. The van der Waals surface area contributed by atoms with Gasteiger partial charge in [-0.1, -0.05) is 35.3 Å². The molecule has 0 fully saturated rings. The summed E-state index contributed by atoms with van der Waals surface area (Å²) in [7, 11) is 0. The summed E-state index contributed by atoms with van der Waals surface area (Å²) in [6, 6.07) is 5.13. The molecule has 96 valence electrons. The zero-order valence-corrected chi connectivity index (χ0v) is 11.1. The van der Waals surface area contributed by atoms with Gasteiger partial charge in [-0.25, -0.2) is 10.4 Å². The number of benzene rings is 1. The fraction of sp³-hybridized carbons (Fsp3) is 0. The van der Waals surface area contributed by atoms with Crippen molar-refractivity contribution in [1.29, 1.82) is 0 Å². The Labute approximate surface area is 119 Å². The lowest BCUT2D eigenvalue weighted by Gasteiger charge is -2.00. The molecule has 0 radical (unpaired) electrons. The summed E-state index contributed by atoms with van der Waals surface area (Å²) in [6.07, 6.45) is 5.65. The van der Waals surface area contributed by atoms with Crippen molar-refractivity contribution in [3.05, 3.63) is 58.1 Å². The SMILES string of the molecule is O=C(N/N=C/c1cccc(Cl)c1Cl)c1cnccn1. The van der Waals surface area contributed by atoms with Crippen LogP contribution in [0.15, 0.2) is 41.9 Å². The Balaban J connectivity index is 2.05. The van der Waals surface area contributed by atoms with Gasteiger partial charge in [0.05, 0.1) is 22.5 Å². The molecular formula is C12H8Cl2N4O. The molecule has 1 aromatic heterocycles. The van der Waals surface area contributed by atoms with Gasteiger partial charge in [-0.2, -0.15) is 5.10 Å². The highest BCUT2D eigenvalue weighted by Gasteiger charge is 2.05. The van der Waals surface area contributed by atoms with E-state index < -0.39 is 5.91 Å². The molecule has 0 saturated carbocycles. The molecule has 2 aromatic rings. The smallest absolute Gasteiger partial charge is 0.265 e. The molecule has 0 bridgehead atoms. The van der Waals surface area contributed by atoms with Crippen LogP contribution in [-0.4, -0.2) is 22.1 Å². The van der Waals surface area contributed by atoms with Gasteiger partial charge in [0.15, 0.2) is 0 Å². The number of carbonyl (C=O) groups excluding carboxylic acids is 1. The van der Waals surface area contributed by atoms with Crippen LogP contribution in [0.2, 0.25) is 10.0 Å². The molecule has 0 aliphatic carbocycles. The lowest BCUT2D eigenvalue weighted by molar-refractivity contribution is 0.0950. The van der Waals surface area contributed by atoms with E-state index in [1.54, 1.807) is 18.2 Å². The average Bonchev–Trinajstić information content (AvgIpc) is 2.44. The molecule has 0 aliphatic heterocycles. The predicted molar refractivity (Wildman–Crippen MR) is 73.6 cm³/mol. The average molecular weight is 295 g/mol. The molecule has 1 heterocycles. The number of aromatic nitrogens is 2. The molecule has 7 heteroatoms. The Bertz CT molecular complexity index is 616. The fourth-order valence-corrected chi connectivity index (χ4v) is 1.61. The summed E-state index contributed by atoms with van der Waals surface area (Å²) < 4.78 is 0. The number of halogens is 2. The van der Waals surface area contributed by atoms with Gasteiger partial charge in [-0.05, 0) is 6.07 Å². The fourth-order valence-electron chi connectivity index (χ4n) is 1.25.